The fourth-order valence-electron chi connectivity index (χ4n) is 1.78. The van der Waals surface area contributed by atoms with E-state index in [2.05, 4.69) is 0 Å². The summed E-state index contributed by atoms with van der Waals surface area (Å²) in [4.78, 5) is 22.6. The van der Waals surface area contributed by atoms with Crippen LogP contribution in [0.2, 0.25) is 0 Å². The molecule has 0 N–H and O–H groups in total. The van der Waals surface area contributed by atoms with E-state index in [4.69, 9.17) is 18.9 Å². The molecule has 0 spiro atoms. The van der Waals surface area contributed by atoms with Crippen molar-refractivity contribution in [3.05, 3.63) is 0 Å². The number of rotatable bonds is 10. The topological polar surface area (TPSA) is 71.1 Å². The van der Waals surface area contributed by atoms with Crippen LogP contribution in [0.25, 0.3) is 0 Å². The van der Waals surface area contributed by atoms with Crippen molar-refractivity contribution in [1.29, 1.82) is 0 Å². The highest BCUT2D eigenvalue weighted by Gasteiger charge is 2.16. The summed E-state index contributed by atoms with van der Waals surface area (Å²) in [7, 11) is 5.31. The van der Waals surface area contributed by atoms with Gasteiger partial charge in [-0.3, -0.25) is 4.79 Å². The first-order valence-electron chi connectivity index (χ1n) is 7.42. The van der Waals surface area contributed by atoms with Crippen LogP contribution in [0.5, 0.6) is 0 Å². The van der Waals surface area contributed by atoms with E-state index in [-0.39, 0.29) is 19.2 Å². The number of hydrogen-bond donors (Lipinski definition) is 0. The highest BCUT2D eigenvalue weighted by atomic mass is 33.1. The monoisotopic (exact) mass is 352 g/mol. The zero-order valence-electron chi connectivity index (χ0n) is 13.1. The molecular weight excluding hydrogens is 328 g/mol. The predicted octanol–water partition coefficient (Wildman–Crippen LogP) is 3.39. The van der Waals surface area contributed by atoms with Gasteiger partial charge in [-0.15, -0.1) is 0 Å². The molecule has 1 aliphatic heterocycles. The van der Waals surface area contributed by atoms with Crippen LogP contribution in [-0.2, 0) is 23.7 Å². The minimum Gasteiger partial charge on any atom is -0.462 e. The van der Waals surface area contributed by atoms with E-state index in [0.717, 1.165) is 24.5 Å². The van der Waals surface area contributed by atoms with Gasteiger partial charge in [0.25, 0.3) is 0 Å². The van der Waals surface area contributed by atoms with E-state index in [1.165, 1.54) is 19.3 Å². The Kier molecular flexibility index (Phi) is 10.5. The van der Waals surface area contributed by atoms with Gasteiger partial charge in [-0.1, -0.05) is 28.0 Å². The first kappa shape index (κ1) is 19.4. The normalized spacial score (nSPS) is 18.7. The van der Waals surface area contributed by atoms with E-state index in [1.54, 1.807) is 6.92 Å². The highest BCUT2D eigenvalue weighted by molar-refractivity contribution is 8.77. The van der Waals surface area contributed by atoms with Crippen molar-refractivity contribution >= 4 is 33.7 Å². The molecule has 0 amide bonds. The van der Waals surface area contributed by atoms with Gasteiger partial charge in [0.1, 0.15) is 13.2 Å². The summed E-state index contributed by atoms with van der Waals surface area (Å²) in [5, 5.41) is 0.745. The fourth-order valence-corrected chi connectivity index (χ4v) is 4.80. The zero-order chi connectivity index (χ0) is 16.2. The van der Waals surface area contributed by atoms with E-state index >= 15 is 0 Å². The fraction of sp³-hybridized carbons (Fsp3) is 0.857. The third-order valence-electron chi connectivity index (χ3n) is 3.04. The van der Waals surface area contributed by atoms with Crippen LogP contribution in [-0.4, -0.2) is 49.7 Å². The van der Waals surface area contributed by atoms with Crippen LogP contribution in [0.1, 0.15) is 39.0 Å². The second-order valence-corrected chi connectivity index (χ2v) is 7.60. The van der Waals surface area contributed by atoms with Crippen LogP contribution >= 0.6 is 21.6 Å². The molecule has 0 saturated carbocycles. The summed E-state index contributed by atoms with van der Waals surface area (Å²) < 4.78 is 19.2. The van der Waals surface area contributed by atoms with Crippen LogP contribution in [0, 0.1) is 0 Å². The smallest absolute Gasteiger partial charge is 0.462 e. The highest BCUT2D eigenvalue weighted by Crippen LogP contribution is 2.39. The molecule has 1 heterocycles. The largest absolute Gasteiger partial charge is 0.510 e. The standard InChI is InChI=1S/C14H24O6S2/c1-11(17-2)20-14(16)19-9-8-18-13(15)6-4-3-5-12-7-10-21-22-12/h11-12H,3-10H2,1-2H3. The number of hydrogen-bond acceptors (Lipinski definition) is 8. The maximum Gasteiger partial charge on any atom is 0.510 e. The summed E-state index contributed by atoms with van der Waals surface area (Å²) in [5.74, 6) is 0.985. The summed E-state index contributed by atoms with van der Waals surface area (Å²) >= 11 is 0. The van der Waals surface area contributed by atoms with Crippen molar-refractivity contribution in [1.82, 2.24) is 0 Å². The molecule has 128 valence electrons. The molecule has 0 bridgehead atoms. The van der Waals surface area contributed by atoms with Gasteiger partial charge in [-0.25, -0.2) is 4.79 Å². The van der Waals surface area contributed by atoms with E-state index in [0.29, 0.717) is 6.42 Å². The first-order valence-corrected chi connectivity index (χ1v) is 9.80. The van der Waals surface area contributed by atoms with E-state index in [9.17, 15) is 9.59 Å². The lowest BCUT2D eigenvalue weighted by atomic mass is 10.1. The minimum atomic E-state index is -0.836. The molecule has 22 heavy (non-hydrogen) atoms. The Morgan fingerprint density at radius 3 is 2.68 bits per heavy atom. The molecule has 0 aromatic heterocycles. The second kappa shape index (κ2) is 11.9. The summed E-state index contributed by atoms with van der Waals surface area (Å²) in [6.07, 6.45) is 3.24. The van der Waals surface area contributed by atoms with Crippen molar-refractivity contribution in [3.8, 4) is 0 Å². The van der Waals surface area contributed by atoms with Gasteiger partial charge in [0.2, 0.25) is 6.29 Å². The summed E-state index contributed by atoms with van der Waals surface area (Å²) in [6, 6.07) is 0. The quantitative estimate of drug-likeness (QED) is 0.256. The molecule has 0 aromatic carbocycles. The molecule has 8 heteroatoms. The number of carbonyl (C=O) groups is 2. The van der Waals surface area contributed by atoms with Crippen molar-refractivity contribution in [3.63, 3.8) is 0 Å². The summed E-state index contributed by atoms with van der Waals surface area (Å²) in [5.41, 5.74) is 0. The first-order chi connectivity index (χ1) is 10.6. The third kappa shape index (κ3) is 9.42. The molecule has 1 saturated heterocycles. The number of carbonyl (C=O) groups excluding carboxylic acids is 2. The number of esters is 1. The van der Waals surface area contributed by atoms with Gasteiger partial charge in [-0.05, 0) is 26.2 Å². The lowest BCUT2D eigenvalue weighted by Gasteiger charge is -2.11. The zero-order valence-corrected chi connectivity index (χ0v) is 14.7. The van der Waals surface area contributed by atoms with Crippen molar-refractivity contribution in [2.24, 2.45) is 0 Å². The Labute approximate surface area is 139 Å². The van der Waals surface area contributed by atoms with Crippen LogP contribution < -0.4 is 0 Å². The lowest BCUT2D eigenvalue weighted by molar-refractivity contribution is -0.145. The summed E-state index contributed by atoms with van der Waals surface area (Å²) in [6.45, 7) is 1.60. The van der Waals surface area contributed by atoms with Crippen LogP contribution in [0.3, 0.4) is 0 Å². The number of methoxy groups -OCH3 is 1. The Morgan fingerprint density at radius 2 is 2.00 bits per heavy atom. The third-order valence-corrected chi connectivity index (χ3v) is 6.05. The second-order valence-electron chi connectivity index (χ2n) is 4.81. The van der Waals surface area contributed by atoms with Crippen LogP contribution in [0.4, 0.5) is 4.79 Å². The average molecular weight is 352 g/mol. The van der Waals surface area contributed by atoms with Gasteiger partial charge in [-0.2, -0.15) is 0 Å². The molecule has 2 atom stereocenters. The molecule has 2 unspecified atom stereocenters. The van der Waals surface area contributed by atoms with Gasteiger partial charge >= 0.3 is 12.1 Å². The van der Waals surface area contributed by atoms with Crippen molar-refractivity contribution in [2.45, 2.75) is 50.6 Å². The molecule has 0 radical (unpaired) electrons. The maximum atomic E-state index is 11.5. The Hall–Kier alpha value is -0.600. The van der Waals surface area contributed by atoms with Crippen LogP contribution in [0.15, 0.2) is 0 Å². The molecular formula is C14H24O6S2. The van der Waals surface area contributed by atoms with Crippen molar-refractivity contribution < 1.29 is 28.5 Å². The van der Waals surface area contributed by atoms with Gasteiger partial charge < -0.3 is 18.9 Å². The van der Waals surface area contributed by atoms with E-state index < -0.39 is 12.4 Å². The molecule has 0 aromatic rings. The van der Waals surface area contributed by atoms with Gasteiger partial charge in [0, 0.05) is 24.5 Å². The molecule has 1 aliphatic rings. The molecule has 6 nitrogen and oxygen atoms in total. The van der Waals surface area contributed by atoms with Crippen molar-refractivity contribution in [2.75, 3.05) is 26.1 Å². The number of unbranched alkanes of at least 4 members (excludes halogenated alkanes) is 1. The van der Waals surface area contributed by atoms with E-state index in [1.807, 2.05) is 21.6 Å². The predicted molar refractivity (Wildman–Crippen MR) is 86.8 cm³/mol. The average Bonchev–Trinajstić information content (AvgIpc) is 3.01. The Morgan fingerprint density at radius 1 is 1.23 bits per heavy atom. The molecule has 1 rings (SSSR count). The molecule has 0 aliphatic carbocycles. The molecule has 1 fully saturated rings. The minimum absolute atomic E-state index is 0.0169. The van der Waals surface area contributed by atoms with Gasteiger partial charge in [0.15, 0.2) is 0 Å². The van der Waals surface area contributed by atoms with Gasteiger partial charge in [0.05, 0.1) is 0 Å². The Bertz CT molecular complexity index is 333. The lowest BCUT2D eigenvalue weighted by Crippen LogP contribution is -2.19. The SMILES string of the molecule is COC(C)OC(=O)OCCOC(=O)CCCCC1CCSS1. The Balaban J connectivity index is 1.91. The number of ether oxygens (including phenoxy) is 4. The maximum absolute atomic E-state index is 11.5.